The van der Waals surface area contributed by atoms with Gasteiger partial charge < -0.3 is 24.7 Å². The third-order valence-corrected chi connectivity index (χ3v) is 4.87. The van der Waals surface area contributed by atoms with Crippen LogP contribution in [0.15, 0.2) is 0 Å². The first-order valence-electron chi connectivity index (χ1n) is 2.34. The number of hydrogen-bond donors (Lipinski definition) is 5. The van der Waals surface area contributed by atoms with E-state index in [1.807, 2.05) is 0 Å². The predicted octanol–water partition coefficient (Wildman–Crippen LogP) is -0.995. The molecule has 0 aliphatic rings. The van der Waals surface area contributed by atoms with Gasteiger partial charge in [-0.15, -0.1) is 0 Å². The van der Waals surface area contributed by atoms with Crippen LogP contribution in [0.3, 0.4) is 0 Å². The van der Waals surface area contributed by atoms with Gasteiger partial charge in [0.15, 0.2) is 0 Å². The molecule has 0 atom stereocenters. The molecule has 1 radical (unpaired) electrons. The third kappa shape index (κ3) is 3.00. The Balaban J connectivity index is 0. The van der Waals surface area contributed by atoms with Crippen LogP contribution in [0.25, 0.3) is 0 Å². The summed E-state index contributed by atoms with van der Waals surface area (Å²) in [4.78, 5) is 33.0. The molecule has 0 amide bonds. The van der Waals surface area contributed by atoms with Crippen LogP contribution in [-0.2, 0) is 29.6 Å². The second-order valence-electron chi connectivity index (χ2n) is 2.06. The average molecular weight is 392 g/mol. The zero-order chi connectivity index (χ0) is 9.50. The molecule has 0 spiro atoms. The van der Waals surface area contributed by atoms with Gasteiger partial charge in [-0.05, 0) is 6.92 Å². The molecular weight excluding hydrogens is 384 g/mol. The minimum Gasteiger partial charge on any atom is -0.368 e. The standard InChI is InChI=1S/C2H8O7P2.Re/c1-2(3,10(4,5)6)11(7,8)9;/h3H,1H3,(H2,4,5,6)(H2,7,8,9);. The summed E-state index contributed by atoms with van der Waals surface area (Å²) in [5.41, 5.74) is 0. The molecule has 0 heterocycles. The van der Waals surface area contributed by atoms with Crippen LogP contribution in [-0.4, -0.2) is 29.8 Å². The van der Waals surface area contributed by atoms with Crippen molar-refractivity contribution in [1.29, 1.82) is 0 Å². The molecule has 75 valence electrons. The fraction of sp³-hybridized carbons (Fsp3) is 1.00. The first kappa shape index (κ1) is 15.4. The summed E-state index contributed by atoms with van der Waals surface area (Å²) in [5.74, 6) is 0. The zero-order valence-electron chi connectivity index (χ0n) is 5.82. The Hall–Kier alpha value is 0.922. The fourth-order valence-corrected chi connectivity index (χ4v) is 1.53. The second kappa shape index (κ2) is 3.97. The van der Waals surface area contributed by atoms with Gasteiger partial charge in [-0.25, -0.2) is 0 Å². The second-order valence-corrected chi connectivity index (χ2v) is 6.33. The molecule has 0 unspecified atom stereocenters. The molecule has 0 saturated heterocycles. The van der Waals surface area contributed by atoms with Gasteiger partial charge in [0.25, 0.3) is 5.08 Å². The molecule has 7 nitrogen and oxygen atoms in total. The van der Waals surface area contributed by atoms with Crippen molar-refractivity contribution in [2.75, 3.05) is 0 Å². The fourth-order valence-electron chi connectivity index (χ4n) is 0.170. The molecular formula is C2H8O7P2Re. The third-order valence-electron chi connectivity index (χ3n) is 1.10. The Labute approximate surface area is 81.8 Å². The summed E-state index contributed by atoms with van der Waals surface area (Å²) in [6.45, 7) is 0.383. The Morgan fingerprint density at radius 2 is 1.17 bits per heavy atom. The Morgan fingerprint density at radius 1 is 1.00 bits per heavy atom. The van der Waals surface area contributed by atoms with Gasteiger partial charge in [0, 0.05) is 20.4 Å². The Bertz CT molecular complexity index is 212. The van der Waals surface area contributed by atoms with Gasteiger partial charge in [-0.3, -0.25) is 9.13 Å². The predicted molar refractivity (Wildman–Crippen MR) is 34.7 cm³/mol. The van der Waals surface area contributed by atoms with Gasteiger partial charge in [-0.2, -0.15) is 0 Å². The molecule has 0 aliphatic heterocycles. The summed E-state index contributed by atoms with van der Waals surface area (Å²) >= 11 is 0. The summed E-state index contributed by atoms with van der Waals surface area (Å²) in [7, 11) is -10.4. The maximum atomic E-state index is 10.3. The van der Waals surface area contributed by atoms with Crippen molar-refractivity contribution in [2.24, 2.45) is 0 Å². The van der Waals surface area contributed by atoms with E-state index in [-0.39, 0.29) is 20.4 Å². The van der Waals surface area contributed by atoms with Crippen LogP contribution < -0.4 is 0 Å². The van der Waals surface area contributed by atoms with Crippen LogP contribution in [0.4, 0.5) is 0 Å². The van der Waals surface area contributed by atoms with E-state index in [4.69, 9.17) is 24.7 Å². The van der Waals surface area contributed by atoms with Crippen molar-refractivity contribution in [2.45, 2.75) is 12.0 Å². The number of aliphatic hydroxyl groups is 1. The van der Waals surface area contributed by atoms with Gasteiger partial charge in [0.05, 0.1) is 0 Å². The summed E-state index contributed by atoms with van der Waals surface area (Å²) in [5, 5.41) is 5.37. The van der Waals surface area contributed by atoms with Crippen LogP contribution in [0, 0.1) is 0 Å². The van der Waals surface area contributed by atoms with Crippen molar-refractivity contribution < 1.29 is 54.2 Å². The molecule has 0 fully saturated rings. The smallest absolute Gasteiger partial charge is 0.368 e. The maximum Gasteiger partial charge on any atom is 0.369 e. The molecule has 0 aromatic carbocycles. The van der Waals surface area contributed by atoms with E-state index < -0.39 is 20.3 Å². The van der Waals surface area contributed by atoms with Gasteiger partial charge >= 0.3 is 15.2 Å². The minimum atomic E-state index is -5.20. The van der Waals surface area contributed by atoms with Gasteiger partial charge in [0.1, 0.15) is 0 Å². The first-order valence-corrected chi connectivity index (χ1v) is 5.56. The molecule has 0 aliphatic carbocycles. The van der Waals surface area contributed by atoms with Crippen molar-refractivity contribution in [3.05, 3.63) is 0 Å². The van der Waals surface area contributed by atoms with E-state index in [1.54, 1.807) is 0 Å². The van der Waals surface area contributed by atoms with Crippen LogP contribution in [0.2, 0.25) is 0 Å². The van der Waals surface area contributed by atoms with E-state index in [0.717, 1.165) is 0 Å². The quantitative estimate of drug-likeness (QED) is 0.381. The van der Waals surface area contributed by atoms with E-state index in [1.165, 1.54) is 0 Å². The van der Waals surface area contributed by atoms with Crippen molar-refractivity contribution in [3.8, 4) is 0 Å². The van der Waals surface area contributed by atoms with Gasteiger partial charge in [-0.1, -0.05) is 0 Å². The summed E-state index contributed by atoms with van der Waals surface area (Å²) in [6.07, 6.45) is 0. The van der Waals surface area contributed by atoms with Crippen LogP contribution in [0.5, 0.6) is 0 Å². The van der Waals surface area contributed by atoms with Crippen molar-refractivity contribution in [1.82, 2.24) is 0 Å². The van der Waals surface area contributed by atoms with Crippen LogP contribution >= 0.6 is 15.2 Å². The Morgan fingerprint density at radius 3 is 1.17 bits per heavy atom. The molecule has 12 heavy (non-hydrogen) atoms. The minimum absolute atomic E-state index is 0. The SMILES string of the molecule is CC(O)(P(=O)(O)O)P(=O)(O)O.[Re]. The van der Waals surface area contributed by atoms with Crippen molar-refractivity contribution in [3.63, 3.8) is 0 Å². The maximum absolute atomic E-state index is 10.3. The van der Waals surface area contributed by atoms with Crippen molar-refractivity contribution >= 4 is 15.2 Å². The summed E-state index contributed by atoms with van der Waals surface area (Å²) < 4.78 is 20.5. The average Bonchev–Trinajstić information content (AvgIpc) is 1.58. The monoisotopic (exact) mass is 393 g/mol. The normalized spacial score (nSPS) is 13.8. The largest absolute Gasteiger partial charge is 0.369 e. The van der Waals surface area contributed by atoms with E-state index in [0.29, 0.717) is 6.92 Å². The molecule has 0 saturated carbocycles. The molecule has 0 rings (SSSR count). The van der Waals surface area contributed by atoms with Crippen LogP contribution in [0.1, 0.15) is 6.92 Å². The van der Waals surface area contributed by atoms with E-state index in [2.05, 4.69) is 0 Å². The van der Waals surface area contributed by atoms with E-state index >= 15 is 0 Å². The Kier molecular flexibility index (Phi) is 5.10. The summed E-state index contributed by atoms with van der Waals surface area (Å²) in [6, 6.07) is 0. The first-order chi connectivity index (χ1) is 4.50. The van der Waals surface area contributed by atoms with E-state index in [9.17, 15) is 9.13 Å². The number of hydrogen-bond acceptors (Lipinski definition) is 3. The number of rotatable bonds is 2. The molecule has 0 bridgehead atoms. The molecule has 5 N–H and O–H groups in total. The molecule has 0 aromatic rings. The molecule has 0 aromatic heterocycles. The topological polar surface area (TPSA) is 135 Å². The van der Waals surface area contributed by atoms with Gasteiger partial charge in [0.2, 0.25) is 0 Å². The molecule has 10 heteroatoms. The zero-order valence-corrected chi connectivity index (χ0v) is 10.3.